The molecule has 0 aromatic heterocycles. The first kappa shape index (κ1) is 18.2. The fourth-order valence-corrected chi connectivity index (χ4v) is 2.71. The number of rotatable bonds is 9. The van der Waals surface area contributed by atoms with E-state index in [4.69, 9.17) is 4.74 Å². The molecule has 5 heteroatoms. The molecule has 0 fully saturated rings. The van der Waals surface area contributed by atoms with Crippen molar-refractivity contribution in [2.45, 2.75) is 58.8 Å². The van der Waals surface area contributed by atoms with E-state index in [0.29, 0.717) is 18.6 Å². The molecule has 1 aliphatic carbocycles. The second-order valence-corrected chi connectivity index (χ2v) is 6.06. The van der Waals surface area contributed by atoms with E-state index >= 15 is 0 Å². The van der Waals surface area contributed by atoms with E-state index in [-0.39, 0.29) is 11.5 Å². The molecule has 2 rings (SSSR count). The van der Waals surface area contributed by atoms with Gasteiger partial charge in [0.15, 0.2) is 0 Å². The van der Waals surface area contributed by atoms with Crippen molar-refractivity contribution in [3.63, 3.8) is 0 Å². The van der Waals surface area contributed by atoms with Crippen molar-refractivity contribution in [2.75, 3.05) is 6.61 Å². The molecule has 5 nitrogen and oxygen atoms in total. The van der Waals surface area contributed by atoms with Crippen LogP contribution in [0.2, 0.25) is 0 Å². The Kier molecular flexibility index (Phi) is 6.97. The fourth-order valence-electron chi connectivity index (χ4n) is 2.71. The molecule has 0 bridgehead atoms. The molecule has 0 radical (unpaired) electrons. The third kappa shape index (κ3) is 5.18. The van der Waals surface area contributed by atoms with E-state index in [1.807, 2.05) is 12.1 Å². The van der Waals surface area contributed by atoms with Gasteiger partial charge in [0.25, 0.3) is 0 Å². The molecule has 0 spiro atoms. The van der Waals surface area contributed by atoms with Gasteiger partial charge in [0.1, 0.15) is 11.5 Å². The number of fused-ring (bicyclic) bond motifs is 1. The van der Waals surface area contributed by atoms with Crippen molar-refractivity contribution in [1.29, 1.82) is 0 Å². The van der Waals surface area contributed by atoms with Crippen LogP contribution in [0.15, 0.2) is 23.4 Å². The molecular weight excluding hydrogens is 306 g/mol. The molecule has 1 aromatic rings. The average molecular weight is 331 g/mol. The first-order valence-corrected chi connectivity index (χ1v) is 8.66. The molecule has 1 aliphatic rings. The first-order valence-electron chi connectivity index (χ1n) is 8.66. The van der Waals surface area contributed by atoms with Crippen molar-refractivity contribution < 1.29 is 19.2 Å². The molecule has 0 saturated carbocycles. The summed E-state index contributed by atoms with van der Waals surface area (Å²) in [5.41, 5.74) is 1.73. The van der Waals surface area contributed by atoms with Gasteiger partial charge in [0.05, 0.1) is 6.61 Å². The second-order valence-electron chi connectivity index (χ2n) is 6.06. The van der Waals surface area contributed by atoms with E-state index in [2.05, 4.69) is 16.9 Å². The highest BCUT2D eigenvalue weighted by Crippen LogP contribution is 2.25. The van der Waals surface area contributed by atoms with E-state index < -0.39 is 5.97 Å². The predicted octanol–water partition coefficient (Wildman–Crippen LogP) is 4.08. The lowest BCUT2D eigenvalue weighted by Gasteiger charge is -2.07. The number of carbonyl (C=O) groups excluding carboxylic acids is 2. The Labute approximate surface area is 143 Å². The topological polar surface area (TPSA) is 65.0 Å². The largest absolute Gasteiger partial charge is 0.494 e. The second kappa shape index (κ2) is 9.21. The van der Waals surface area contributed by atoms with Crippen LogP contribution in [0.25, 0.3) is 0 Å². The molecule has 0 aliphatic heterocycles. The fraction of sp³-hybridized carbons (Fsp3) is 0.526. The lowest BCUT2D eigenvalue weighted by atomic mass is 10.1. The zero-order valence-corrected chi connectivity index (χ0v) is 14.5. The minimum absolute atomic E-state index is 0.186. The highest BCUT2D eigenvalue weighted by Gasteiger charge is 2.27. The van der Waals surface area contributed by atoms with Crippen LogP contribution in [0.4, 0.5) is 0 Å². The quantitative estimate of drug-likeness (QED) is 0.388. The first-order chi connectivity index (χ1) is 11.6. The average Bonchev–Trinajstić information content (AvgIpc) is 2.88. The number of hydrogen-bond donors (Lipinski definition) is 0. The smallest absolute Gasteiger partial charge is 0.331 e. The molecule has 130 valence electrons. The standard InChI is InChI=1S/C19H25NO4/c1-3-4-5-6-7-8-11-23-16-9-10-17-15(12-16)13-18(19(17)22)20-24-14(2)21/h9-10,12H,3-8,11,13H2,1-2H3. The zero-order valence-electron chi connectivity index (χ0n) is 14.5. The number of ether oxygens (including phenoxy) is 1. The minimum Gasteiger partial charge on any atom is -0.494 e. The molecule has 0 N–H and O–H groups in total. The molecule has 0 atom stereocenters. The number of carbonyl (C=O) groups is 2. The van der Waals surface area contributed by atoms with Crippen LogP contribution in [0.3, 0.4) is 0 Å². The number of ketones is 1. The van der Waals surface area contributed by atoms with Gasteiger partial charge in [-0.2, -0.15) is 0 Å². The number of Topliss-reactive ketones (excluding diaryl/α,β-unsaturated/α-hetero) is 1. The summed E-state index contributed by atoms with van der Waals surface area (Å²) < 4.78 is 5.77. The van der Waals surface area contributed by atoms with Crippen LogP contribution in [-0.4, -0.2) is 24.1 Å². The highest BCUT2D eigenvalue weighted by atomic mass is 16.7. The van der Waals surface area contributed by atoms with Crippen LogP contribution < -0.4 is 4.74 Å². The molecule has 0 unspecified atom stereocenters. The number of unbranched alkanes of at least 4 members (excludes halogenated alkanes) is 5. The Bertz CT molecular complexity index is 622. The SMILES string of the molecule is CCCCCCCCOc1ccc2c(c1)CC(=NOC(C)=O)C2=O. The molecule has 0 heterocycles. The summed E-state index contributed by atoms with van der Waals surface area (Å²) >= 11 is 0. The van der Waals surface area contributed by atoms with Gasteiger partial charge in [0, 0.05) is 18.9 Å². The molecular formula is C19H25NO4. The number of oxime groups is 1. The van der Waals surface area contributed by atoms with E-state index in [1.165, 1.54) is 39.0 Å². The predicted molar refractivity (Wildman–Crippen MR) is 92.5 cm³/mol. The Morgan fingerprint density at radius 3 is 2.67 bits per heavy atom. The lowest BCUT2D eigenvalue weighted by molar-refractivity contribution is -0.140. The number of nitrogens with zero attached hydrogens (tertiary/aromatic N) is 1. The Balaban J connectivity index is 1.83. The van der Waals surface area contributed by atoms with Gasteiger partial charge in [-0.15, -0.1) is 0 Å². The maximum Gasteiger partial charge on any atom is 0.331 e. The van der Waals surface area contributed by atoms with Crippen LogP contribution in [0.5, 0.6) is 5.75 Å². The Morgan fingerprint density at radius 1 is 1.17 bits per heavy atom. The highest BCUT2D eigenvalue weighted by molar-refractivity contribution is 6.49. The van der Waals surface area contributed by atoms with Crippen molar-refractivity contribution in [3.05, 3.63) is 29.3 Å². The zero-order chi connectivity index (χ0) is 17.4. The molecule has 0 saturated heterocycles. The molecule has 1 aromatic carbocycles. The summed E-state index contributed by atoms with van der Waals surface area (Å²) in [4.78, 5) is 27.5. The van der Waals surface area contributed by atoms with Crippen molar-refractivity contribution in [3.8, 4) is 5.75 Å². The van der Waals surface area contributed by atoms with Crippen molar-refractivity contribution >= 4 is 17.5 Å². The molecule has 24 heavy (non-hydrogen) atoms. The van der Waals surface area contributed by atoms with Gasteiger partial charge in [-0.3, -0.25) is 4.79 Å². The van der Waals surface area contributed by atoms with Gasteiger partial charge in [-0.1, -0.05) is 44.2 Å². The monoisotopic (exact) mass is 331 g/mol. The van der Waals surface area contributed by atoms with Crippen LogP contribution in [0, 0.1) is 0 Å². The van der Waals surface area contributed by atoms with Gasteiger partial charge < -0.3 is 9.57 Å². The van der Waals surface area contributed by atoms with Crippen molar-refractivity contribution in [2.24, 2.45) is 5.16 Å². The number of hydrogen-bond acceptors (Lipinski definition) is 5. The summed E-state index contributed by atoms with van der Waals surface area (Å²) in [6, 6.07) is 5.44. The third-order valence-electron chi connectivity index (χ3n) is 3.99. The maximum absolute atomic E-state index is 12.1. The van der Waals surface area contributed by atoms with Crippen LogP contribution in [0.1, 0.15) is 68.3 Å². The van der Waals surface area contributed by atoms with E-state index in [9.17, 15) is 9.59 Å². The number of benzene rings is 1. The van der Waals surface area contributed by atoms with Crippen LogP contribution >= 0.6 is 0 Å². The summed E-state index contributed by atoms with van der Waals surface area (Å²) in [5.74, 6) is 0.0479. The Hall–Kier alpha value is -2.17. The van der Waals surface area contributed by atoms with Gasteiger partial charge in [0.2, 0.25) is 5.78 Å². The third-order valence-corrected chi connectivity index (χ3v) is 3.99. The lowest BCUT2D eigenvalue weighted by Crippen LogP contribution is -2.09. The van der Waals surface area contributed by atoms with E-state index in [0.717, 1.165) is 17.7 Å². The summed E-state index contributed by atoms with van der Waals surface area (Å²) in [6.07, 6.45) is 7.70. The Morgan fingerprint density at radius 2 is 1.92 bits per heavy atom. The van der Waals surface area contributed by atoms with Gasteiger partial charge >= 0.3 is 5.97 Å². The van der Waals surface area contributed by atoms with Gasteiger partial charge in [-0.05, 0) is 30.2 Å². The van der Waals surface area contributed by atoms with Gasteiger partial charge in [-0.25, -0.2) is 4.79 Å². The van der Waals surface area contributed by atoms with E-state index in [1.54, 1.807) is 6.07 Å². The van der Waals surface area contributed by atoms with Crippen molar-refractivity contribution in [1.82, 2.24) is 0 Å². The molecule has 0 amide bonds. The summed E-state index contributed by atoms with van der Waals surface area (Å²) in [6.45, 7) is 4.15. The summed E-state index contributed by atoms with van der Waals surface area (Å²) in [5, 5.41) is 3.64. The summed E-state index contributed by atoms with van der Waals surface area (Å²) in [7, 11) is 0. The minimum atomic E-state index is -0.533. The van der Waals surface area contributed by atoms with Crippen LogP contribution in [-0.2, 0) is 16.1 Å². The maximum atomic E-state index is 12.1. The normalized spacial score (nSPS) is 14.8.